The normalized spacial score (nSPS) is 25.6. The first kappa shape index (κ1) is 6.13. The maximum Gasteiger partial charge on any atom is 0.322 e. The average Bonchev–Trinajstić information content (AvgIpc) is 2.10. The molecule has 1 unspecified atom stereocenters. The van der Waals surface area contributed by atoms with Crippen molar-refractivity contribution in [3.8, 4) is 0 Å². The third kappa shape index (κ3) is 1.04. The van der Waals surface area contributed by atoms with Crippen LogP contribution in [0.2, 0.25) is 6.32 Å². The van der Waals surface area contributed by atoms with Crippen molar-refractivity contribution >= 4 is 19.8 Å². The van der Waals surface area contributed by atoms with E-state index in [1.165, 1.54) is 0 Å². The van der Waals surface area contributed by atoms with Crippen LogP contribution >= 0.6 is 0 Å². The van der Waals surface area contributed by atoms with Gasteiger partial charge < -0.3 is 5.32 Å². The minimum absolute atomic E-state index is 0.220. The number of imide groups is 1. The van der Waals surface area contributed by atoms with Gasteiger partial charge >= 0.3 is 6.03 Å². The number of carbonyl (C=O) groups excluding carboxylic acids is 2. The predicted octanol–water partition coefficient (Wildman–Crippen LogP) is -1.75. The van der Waals surface area contributed by atoms with Crippen LogP contribution in [0.25, 0.3) is 0 Å². The summed E-state index contributed by atoms with van der Waals surface area (Å²) in [6.07, 6.45) is 0.650. The van der Waals surface area contributed by atoms with Gasteiger partial charge in [-0.05, 0) is 0 Å². The van der Waals surface area contributed by atoms with Crippen molar-refractivity contribution < 1.29 is 9.59 Å². The summed E-state index contributed by atoms with van der Waals surface area (Å²) in [6, 6.07) is -0.690. The molecule has 48 valence electrons. The summed E-state index contributed by atoms with van der Waals surface area (Å²) in [6.45, 7) is 0. The Balaban J connectivity index is 2.58. The molecule has 1 fully saturated rings. The lowest BCUT2D eigenvalue weighted by Crippen LogP contribution is -2.27. The maximum atomic E-state index is 10.6. The van der Waals surface area contributed by atoms with Crippen molar-refractivity contribution in [2.24, 2.45) is 0 Å². The summed E-state index contributed by atoms with van der Waals surface area (Å²) in [5.41, 5.74) is 0. The van der Waals surface area contributed by atoms with Crippen molar-refractivity contribution in [2.75, 3.05) is 0 Å². The smallest absolute Gasteiger partial charge is 0.322 e. The van der Waals surface area contributed by atoms with Crippen LogP contribution in [-0.4, -0.2) is 25.8 Å². The van der Waals surface area contributed by atoms with Crippen LogP contribution in [-0.2, 0) is 4.79 Å². The highest BCUT2D eigenvalue weighted by molar-refractivity contribution is 6.14. The highest BCUT2D eigenvalue weighted by atomic mass is 16.2. The molecule has 5 heteroatoms. The first-order chi connectivity index (χ1) is 4.24. The van der Waals surface area contributed by atoms with E-state index >= 15 is 0 Å². The lowest BCUT2D eigenvalue weighted by atomic mass is 9.98. The fourth-order valence-electron chi connectivity index (χ4n) is 0.746. The second-order valence-electron chi connectivity index (χ2n) is 1.92. The molecule has 9 heavy (non-hydrogen) atoms. The molecular formula is C4H7BN2O2. The highest BCUT2D eigenvalue weighted by Crippen LogP contribution is 1.94. The van der Waals surface area contributed by atoms with Crippen LogP contribution < -0.4 is 10.6 Å². The Hall–Kier alpha value is -0.995. The molecule has 1 saturated heterocycles. The fraction of sp³-hybridized carbons (Fsp3) is 0.500. The molecule has 0 aliphatic carbocycles. The third-order valence-electron chi connectivity index (χ3n) is 1.27. The van der Waals surface area contributed by atoms with Gasteiger partial charge in [-0.2, -0.15) is 0 Å². The molecule has 0 saturated carbocycles. The van der Waals surface area contributed by atoms with Gasteiger partial charge in [-0.1, -0.05) is 6.32 Å². The molecule has 2 N–H and O–H groups in total. The Bertz CT molecular complexity index is 159. The fourth-order valence-corrected chi connectivity index (χ4v) is 0.746. The van der Waals surface area contributed by atoms with Gasteiger partial charge in [0.25, 0.3) is 0 Å². The van der Waals surface area contributed by atoms with Crippen LogP contribution in [0.3, 0.4) is 0 Å². The summed E-state index contributed by atoms with van der Waals surface area (Å²) in [5, 5.41) is 4.58. The number of nitrogens with one attached hydrogen (secondary N) is 2. The molecule has 1 atom stereocenters. The van der Waals surface area contributed by atoms with Crippen LogP contribution in [0.4, 0.5) is 4.79 Å². The summed E-state index contributed by atoms with van der Waals surface area (Å²) in [5.74, 6) is -0.220. The van der Waals surface area contributed by atoms with Gasteiger partial charge in [0, 0.05) is 0 Å². The average molecular weight is 126 g/mol. The van der Waals surface area contributed by atoms with Gasteiger partial charge in [0.1, 0.15) is 13.9 Å². The zero-order valence-corrected chi connectivity index (χ0v) is 5.10. The largest absolute Gasteiger partial charge is 0.327 e. The summed E-state index contributed by atoms with van der Waals surface area (Å²) in [7, 11) is 1.84. The van der Waals surface area contributed by atoms with Crippen molar-refractivity contribution in [3.63, 3.8) is 0 Å². The third-order valence-corrected chi connectivity index (χ3v) is 1.27. The molecule has 1 aliphatic heterocycles. The molecular weight excluding hydrogens is 119 g/mol. The molecule has 0 spiro atoms. The lowest BCUT2D eigenvalue weighted by molar-refractivity contribution is -0.119. The number of amides is 3. The molecule has 4 nitrogen and oxygen atoms in total. The number of rotatable bonds is 1. The first-order valence-corrected chi connectivity index (χ1v) is 2.85. The second kappa shape index (κ2) is 2.09. The van der Waals surface area contributed by atoms with Crippen LogP contribution in [0, 0.1) is 0 Å². The monoisotopic (exact) mass is 126 g/mol. The molecule has 1 aliphatic rings. The van der Waals surface area contributed by atoms with E-state index < -0.39 is 0 Å². The van der Waals surface area contributed by atoms with E-state index in [0.29, 0.717) is 6.32 Å². The van der Waals surface area contributed by atoms with E-state index in [1.807, 2.05) is 7.85 Å². The molecule has 0 aromatic heterocycles. The van der Waals surface area contributed by atoms with Crippen molar-refractivity contribution in [1.29, 1.82) is 0 Å². The highest BCUT2D eigenvalue weighted by Gasteiger charge is 2.26. The molecule has 0 aromatic rings. The van der Waals surface area contributed by atoms with E-state index in [2.05, 4.69) is 10.6 Å². The van der Waals surface area contributed by atoms with E-state index in [1.54, 1.807) is 0 Å². The molecule has 3 amide bonds. The van der Waals surface area contributed by atoms with Gasteiger partial charge in [0.2, 0.25) is 5.91 Å². The lowest BCUT2D eigenvalue weighted by Gasteiger charge is -1.98. The number of hydrogen-bond donors (Lipinski definition) is 2. The first-order valence-electron chi connectivity index (χ1n) is 2.85. The quantitative estimate of drug-likeness (QED) is 0.323. The van der Waals surface area contributed by atoms with Crippen molar-refractivity contribution in [2.45, 2.75) is 12.4 Å². The predicted molar refractivity (Wildman–Crippen MR) is 33.8 cm³/mol. The van der Waals surface area contributed by atoms with Gasteiger partial charge in [-0.3, -0.25) is 10.1 Å². The molecule has 1 rings (SSSR count). The molecule has 0 aromatic carbocycles. The van der Waals surface area contributed by atoms with Crippen LogP contribution in [0.1, 0.15) is 0 Å². The number of hydrogen-bond acceptors (Lipinski definition) is 2. The van der Waals surface area contributed by atoms with Crippen molar-refractivity contribution in [1.82, 2.24) is 10.6 Å². The molecule has 0 bridgehead atoms. The minimum atomic E-state index is -0.383. The Kier molecular flexibility index (Phi) is 1.42. The second-order valence-corrected chi connectivity index (χ2v) is 1.92. The zero-order chi connectivity index (χ0) is 6.85. The topological polar surface area (TPSA) is 58.2 Å². The Morgan fingerprint density at radius 2 is 2.22 bits per heavy atom. The minimum Gasteiger partial charge on any atom is -0.327 e. The van der Waals surface area contributed by atoms with Gasteiger partial charge in [0.15, 0.2) is 0 Å². The van der Waals surface area contributed by atoms with Crippen LogP contribution in [0.5, 0.6) is 0 Å². The Morgan fingerprint density at radius 1 is 1.56 bits per heavy atom. The van der Waals surface area contributed by atoms with Gasteiger partial charge in [-0.25, -0.2) is 4.79 Å². The van der Waals surface area contributed by atoms with Crippen molar-refractivity contribution in [3.05, 3.63) is 0 Å². The van der Waals surface area contributed by atoms with Gasteiger partial charge in [-0.15, -0.1) is 0 Å². The summed E-state index contributed by atoms with van der Waals surface area (Å²) < 4.78 is 0. The maximum absolute atomic E-state index is 10.6. The van der Waals surface area contributed by atoms with E-state index in [-0.39, 0.29) is 18.0 Å². The summed E-state index contributed by atoms with van der Waals surface area (Å²) in [4.78, 5) is 21.0. The van der Waals surface area contributed by atoms with Gasteiger partial charge in [0.05, 0.1) is 0 Å². The summed E-state index contributed by atoms with van der Waals surface area (Å²) >= 11 is 0. The Morgan fingerprint density at radius 3 is 2.44 bits per heavy atom. The van der Waals surface area contributed by atoms with Crippen LogP contribution in [0.15, 0.2) is 0 Å². The van der Waals surface area contributed by atoms with E-state index in [4.69, 9.17) is 0 Å². The van der Waals surface area contributed by atoms with E-state index in [9.17, 15) is 9.59 Å². The van der Waals surface area contributed by atoms with E-state index in [0.717, 1.165) is 0 Å². The SMILES string of the molecule is BCC1NC(=O)NC1=O. The number of carbonyl (C=O) groups is 2. The molecule has 1 heterocycles. The standard InChI is InChI=1S/C4H7BN2O2/c5-1-2-3(8)7-4(9)6-2/h2H,1,5H2,(H2,6,7,8,9). The zero-order valence-electron chi connectivity index (χ0n) is 5.10. The number of urea groups is 1. The Labute approximate surface area is 53.4 Å². The molecule has 0 radical (unpaired) electrons.